The number of aliphatic hydroxyl groups is 1. The molecule has 2 N–H and O–H groups in total. The number of thioether (sulfide) groups is 1. The minimum atomic E-state index is -0.522. The second-order valence-corrected chi connectivity index (χ2v) is 6.79. The molecule has 2 aromatic carbocycles. The zero-order chi connectivity index (χ0) is 19.6. The van der Waals surface area contributed by atoms with Gasteiger partial charge in [0.15, 0.2) is 0 Å². The number of anilines is 1. The first-order chi connectivity index (χ1) is 13.1. The van der Waals surface area contributed by atoms with E-state index < -0.39 is 12.2 Å². The molecule has 144 valence electrons. The monoisotopic (exact) mass is 387 g/mol. The van der Waals surface area contributed by atoms with Crippen molar-refractivity contribution in [1.82, 2.24) is 0 Å². The van der Waals surface area contributed by atoms with Gasteiger partial charge in [0, 0.05) is 16.5 Å². The lowest BCUT2D eigenvalue weighted by Gasteiger charge is -2.23. The summed E-state index contributed by atoms with van der Waals surface area (Å²) in [5, 5.41) is 11.6. The largest absolute Gasteiger partial charge is 0.491 e. The standard InChI is InChI=1S/C21H25NO4S/c1-4-15(2)20(16-5-9-18(10-6-16)25-14-13-23)26-21(24)22-17-7-11-19(27-3)12-8-17/h4-12,15,20,23H,1,13-14H2,2-3H3,(H,22,24)/t15-,20-/m1/s1. The summed E-state index contributed by atoms with van der Waals surface area (Å²) in [5.74, 6) is 0.579. The molecule has 0 saturated carbocycles. The fourth-order valence-corrected chi connectivity index (χ4v) is 2.86. The fourth-order valence-electron chi connectivity index (χ4n) is 2.46. The number of carbonyl (C=O) groups excluding carboxylic acids is 1. The van der Waals surface area contributed by atoms with Gasteiger partial charge in [-0.2, -0.15) is 0 Å². The maximum atomic E-state index is 12.4. The van der Waals surface area contributed by atoms with E-state index in [0.29, 0.717) is 11.4 Å². The van der Waals surface area contributed by atoms with E-state index >= 15 is 0 Å². The van der Waals surface area contributed by atoms with Crippen LogP contribution in [0.5, 0.6) is 5.75 Å². The van der Waals surface area contributed by atoms with Gasteiger partial charge in [-0.3, -0.25) is 5.32 Å². The highest BCUT2D eigenvalue weighted by Crippen LogP contribution is 2.29. The van der Waals surface area contributed by atoms with Gasteiger partial charge in [-0.1, -0.05) is 25.1 Å². The lowest BCUT2D eigenvalue weighted by Crippen LogP contribution is -2.21. The number of amides is 1. The summed E-state index contributed by atoms with van der Waals surface area (Å²) in [6.07, 6.45) is 2.76. The second-order valence-electron chi connectivity index (χ2n) is 5.92. The van der Waals surface area contributed by atoms with E-state index in [9.17, 15) is 4.79 Å². The van der Waals surface area contributed by atoms with Crippen LogP contribution in [-0.2, 0) is 4.74 Å². The van der Waals surface area contributed by atoms with Crippen LogP contribution in [0, 0.1) is 5.92 Å². The van der Waals surface area contributed by atoms with E-state index in [-0.39, 0.29) is 19.1 Å². The molecule has 2 atom stereocenters. The van der Waals surface area contributed by atoms with Gasteiger partial charge in [0.05, 0.1) is 6.61 Å². The molecule has 0 aliphatic heterocycles. The van der Waals surface area contributed by atoms with Gasteiger partial charge in [0.1, 0.15) is 18.5 Å². The summed E-state index contributed by atoms with van der Waals surface area (Å²) in [4.78, 5) is 13.5. The minimum absolute atomic E-state index is 0.0426. The van der Waals surface area contributed by atoms with Crippen molar-refractivity contribution >= 4 is 23.5 Å². The lowest BCUT2D eigenvalue weighted by molar-refractivity contribution is 0.0897. The smallest absolute Gasteiger partial charge is 0.412 e. The number of aliphatic hydroxyl groups excluding tert-OH is 1. The van der Waals surface area contributed by atoms with Crippen LogP contribution in [-0.4, -0.2) is 30.7 Å². The molecule has 0 aliphatic carbocycles. The molecular formula is C21H25NO4S. The SMILES string of the molecule is C=C[C@@H](C)[C@@H](OC(=O)Nc1ccc(SC)cc1)c1ccc(OCCO)cc1. The number of nitrogens with one attached hydrogen (secondary N) is 1. The minimum Gasteiger partial charge on any atom is -0.491 e. The zero-order valence-electron chi connectivity index (χ0n) is 15.6. The molecule has 0 saturated heterocycles. The van der Waals surface area contributed by atoms with Crippen LogP contribution in [0.15, 0.2) is 66.1 Å². The third-order valence-corrected chi connectivity index (χ3v) is 4.73. The number of rotatable bonds is 9. The van der Waals surface area contributed by atoms with Crippen molar-refractivity contribution in [3.05, 3.63) is 66.7 Å². The van der Waals surface area contributed by atoms with Gasteiger partial charge >= 0.3 is 6.09 Å². The van der Waals surface area contributed by atoms with Crippen molar-refractivity contribution in [1.29, 1.82) is 0 Å². The Labute approximate surface area is 164 Å². The molecule has 2 rings (SSSR count). The maximum absolute atomic E-state index is 12.4. The fraction of sp³-hybridized carbons (Fsp3) is 0.286. The van der Waals surface area contributed by atoms with E-state index in [4.69, 9.17) is 14.6 Å². The third-order valence-electron chi connectivity index (χ3n) is 3.99. The van der Waals surface area contributed by atoms with Crippen molar-refractivity contribution < 1.29 is 19.4 Å². The Bertz CT molecular complexity index is 731. The highest BCUT2D eigenvalue weighted by atomic mass is 32.2. The molecule has 1 amide bonds. The lowest BCUT2D eigenvalue weighted by atomic mass is 9.97. The highest BCUT2D eigenvalue weighted by Gasteiger charge is 2.22. The molecule has 0 heterocycles. The van der Waals surface area contributed by atoms with Gasteiger partial charge in [0.2, 0.25) is 0 Å². The second kappa shape index (κ2) is 10.6. The molecule has 0 aromatic heterocycles. The van der Waals surface area contributed by atoms with E-state index in [1.807, 2.05) is 49.6 Å². The summed E-state index contributed by atoms with van der Waals surface area (Å²) < 4.78 is 11.0. The van der Waals surface area contributed by atoms with Crippen LogP contribution in [0.4, 0.5) is 10.5 Å². The molecule has 0 spiro atoms. The summed E-state index contributed by atoms with van der Waals surface area (Å²) >= 11 is 1.64. The summed E-state index contributed by atoms with van der Waals surface area (Å²) in [5.41, 5.74) is 1.52. The Morgan fingerprint density at radius 2 is 1.89 bits per heavy atom. The van der Waals surface area contributed by atoms with Gasteiger partial charge < -0.3 is 14.6 Å². The van der Waals surface area contributed by atoms with Crippen molar-refractivity contribution in [3.8, 4) is 5.75 Å². The molecule has 5 nitrogen and oxygen atoms in total. The van der Waals surface area contributed by atoms with E-state index in [1.165, 1.54) is 0 Å². The molecule has 0 aliphatic rings. The van der Waals surface area contributed by atoms with Crippen molar-refractivity contribution in [3.63, 3.8) is 0 Å². The summed E-state index contributed by atoms with van der Waals surface area (Å²) in [6.45, 7) is 5.94. The maximum Gasteiger partial charge on any atom is 0.412 e. The van der Waals surface area contributed by atoms with Gasteiger partial charge in [-0.25, -0.2) is 4.79 Å². The Morgan fingerprint density at radius 1 is 1.22 bits per heavy atom. The van der Waals surface area contributed by atoms with Crippen LogP contribution in [0.3, 0.4) is 0 Å². The van der Waals surface area contributed by atoms with Crippen LogP contribution < -0.4 is 10.1 Å². The molecule has 0 radical (unpaired) electrons. The first-order valence-electron chi connectivity index (χ1n) is 8.65. The number of benzene rings is 2. The summed E-state index contributed by atoms with van der Waals surface area (Å²) in [6, 6.07) is 14.8. The van der Waals surface area contributed by atoms with Crippen molar-refractivity contribution in [2.24, 2.45) is 5.92 Å². The van der Waals surface area contributed by atoms with E-state index in [2.05, 4.69) is 11.9 Å². The average molecular weight is 388 g/mol. The molecule has 0 unspecified atom stereocenters. The topological polar surface area (TPSA) is 67.8 Å². The quantitative estimate of drug-likeness (QED) is 0.474. The Hall–Kier alpha value is -2.44. The van der Waals surface area contributed by atoms with Crippen molar-refractivity contribution in [2.45, 2.75) is 17.9 Å². The number of ether oxygens (including phenoxy) is 2. The Morgan fingerprint density at radius 3 is 2.44 bits per heavy atom. The molecule has 6 heteroatoms. The predicted octanol–water partition coefficient (Wildman–Crippen LogP) is 4.89. The number of carbonyl (C=O) groups is 1. The molecule has 2 aromatic rings. The normalized spacial score (nSPS) is 12.7. The number of hydrogen-bond donors (Lipinski definition) is 2. The summed E-state index contributed by atoms with van der Waals surface area (Å²) in [7, 11) is 0. The predicted molar refractivity (Wildman–Crippen MR) is 109 cm³/mol. The first-order valence-corrected chi connectivity index (χ1v) is 9.87. The highest BCUT2D eigenvalue weighted by molar-refractivity contribution is 7.98. The molecule has 0 fully saturated rings. The van der Waals surface area contributed by atoms with Crippen LogP contribution in [0.2, 0.25) is 0 Å². The van der Waals surface area contributed by atoms with Gasteiger partial charge in [-0.15, -0.1) is 18.3 Å². The van der Waals surface area contributed by atoms with Crippen molar-refractivity contribution in [2.75, 3.05) is 24.8 Å². The zero-order valence-corrected chi connectivity index (χ0v) is 16.4. The van der Waals surface area contributed by atoms with Crippen LogP contribution in [0.25, 0.3) is 0 Å². The van der Waals surface area contributed by atoms with Crippen LogP contribution >= 0.6 is 11.8 Å². The number of hydrogen-bond acceptors (Lipinski definition) is 5. The van der Waals surface area contributed by atoms with E-state index in [0.717, 1.165) is 10.5 Å². The molecule has 0 bridgehead atoms. The average Bonchev–Trinajstić information content (AvgIpc) is 2.71. The first kappa shape index (κ1) is 20.9. The van der Waals surface area contributed by atoms with Crippen LogP contribution in [0.1, 0.15) is 18.6 Å². The molecule has 27 heavy (non-hydrogen) atoms. The van der Waals surface area contributed by atoms with Gasteiger partial charge in [0.25, 0.3) is 0 Å². The Kier molecular flexibility index (Phi) is 8.23. The molecular weight excluding hydrogens is 362 g/mol. The third kappa shape index (κ3) is 6.34. The van der Waals surface area contributed by atoms with E-state index in [1.54, 1.807) is 30.0 Å². The van der Waals surface area contributed by atoms with Gasteiger partial charge in [-0.05, 0) is 48.2 Å². The Balaban J connectivity index is 2.06.